The SMILES string of the molecule is c1ccc(C2=NC(c3cccc(-c4cccc(-c5cnc6c7ccccc7c7ccccc7c6n5)c4)c3)NC(c3ccccc3)=N2)cc1. The molecule has 9 rings (SSSR count). The molecule has 8 aromatic rings. The third-order valence-electron chi connectivity index (χ3n) is 8.94. The first-order valence-electron chi connectivity index (χ1n) is 16.1. The number of aromatic nitrogens is 2. The monoisotopic (exact) mass is 615 g/mol. The predicted octanol–water partition coefficient (Wildman–Crippen LogP) is 9.77. The summed E-state index contributed by atoms with van der Waals surface area (Å²) in [4.78, 5) is 20.2. The van der Waals surface area contributed by atoms with Gasteiger partial charge in [0.2, 0.25) is 0 Å². The van der Waals surface area contributed by atoms with Crippen LogP contribution in [0.5, 0.6) is 0 Å². The molecule has 0 amide bonds. The summed E-state index contributed by atoms with van der Waals surface area (Å²) in [6.07, 6.45) is 1.60. The van der Waals surface area contributed by atoms with Gasteiger partial charge in [0.05, 0.1) is 22.9 Å². The Morgan fingerprint density at radius 2 is 1.02 bits per heavy atom. The van der Waals surface area contributed by atoms with Crippen molar-refractivity contribution in [1.29, 1.82) is 0 Å². The minimum atomic E-state index is -0.300. The molecule has 0 aliphatic carbocycles. The lowest BCUT2D eigenvalue weighted by Crippen LogP contribution is -2.33. The van der Waals surface area contributed by atoms with Gasteiger partial charge in [-0.1, -0.05) is 146 Å². The molecular formula is C43H29N5. The molecule has 0 spiro atoms. The molecule has 1 aliphatic heterocycles. The van der Waals surface area contributed by atoms with Gasteiger partial charge in [0, 0.05) is 27.5 Å². The van der Waals surface area contributed by atoms with Crippen LogP contribution >= 0.6 is 0 Å². The van der Waals surface area contributed by atoms with E-state index in [1.54, 1.807) is 0 Å². The molecule has 1 N–H and O–H groups in total. The molecule has 2 heterocycles. The second-order valence-corrected chi connectivity index (χ2v) is 11.9. The van der Waals surface area contributed by atoms with Gasteiger partial charge < -0.3 is 5.32 Å². The second-order valence-electron chi connectivity index (χ2n) is 11.9. The van der Waals surface area contributed by atoms with Gasteiger partial charge in [-0.25, -0.2) is 15.0 Å². The Hall–Kier alpha value is -6.46. The van der Waals surface area contributed by atoms with E-state index >= 15 is 0 Å². The number of rotatable bonds is 5. The summed E-state index contributed by atoms with van der Waals surface area (Å²) in [5.41, 5.74) is 8.95. The van der Waals surface area contributed by atoms with Gasteiger partial charge in [0.1, 0.15) is 12.0 Å². The number of fused-ring (bicyclic) bond motifs is 6. The van der Waals surface area contributed by atoms with Crippen molar-refractivity contribution in [3.63, 3.8) is 0 Å². The molecule has 1 atom stereocenters. The minimum absolute atomic E-state index is 0.300. The smallest absolute Gasteiger partial charge is 0.159 e. The van der Waals surface area contributed by atoms with Gasteiger partial charge in [-0.2, -0.15) is 0 Å². The van der Waals surface area contributed by atoms with Gasteiger partial charge >= 0.3 is 0 Å². The fraction of sp³-hybridized carbons (Fsp3) is 0.0233. The van der Waals surface area contributed by atoms with Gasteiger partial charge in [-0.3, -0.25) is 4.98 Å². The summed E-state index contributed by atoms with van der Waals surface area (Å²) < 4.78 is 0. The third kappa shape index (κ3) is 4.99. The summed E-state index contributed by atoms with van der Waals surface area (Å²) in [7, 11) is 0. The van der Waals surface area contributed by atoms with Gasteiger partial charge in [-0.15, -0.1) is 0 Å². The van der Waals surface area contributed by atoms with Crippen molar-refractivity contribution in [2.75, 3.05) is 0 Å². The lowest BCUT2D eigenvalue weighted by molar-refractivity contribution is 0.674. The molecule has 0 saturated carbocycles. The maximum absolute atomic E-state index is 5.22. The van der Waals surface area contributed by atoms with Crippen LogP contribution < -0.4 is 5.32 Å². The average molecular weight is 616 g/mol. The zero-order valence-electron chi connectivity index (χ0n) is 26.0. The third-order valence-corrected chi connectivity index (χ3v) is 8.94. The number of hydrogen-bond acceptors (Lipinski definition) is 5. The minimum Gasteiger partial charge on any atom is -0.344 e. The summed E-state index contributed by atoms with van der Waals surface area (Å²) in [5.74, 6) is 1.51. The Morgan fingerprint density at radius 3 is 1.75 bits per heavy atom. The zero-order valence-corrected chi connectivity index (χ0v) is 26.0. The van der Waals surface area contributed by atoms with Crippen LogP contribution in [0, 0.1) is 0 Å². The molecule has 7 aromatic carbocycles. The summed E-state index contributed by atoms with van der Waals surface area (Å²) in [6, 6.07) is 54.4. The van der Waals surface area contributed by atoms with E-state index in [0.29, 0.717) is 5.84 Å². The molecule has 48 heavy (non-hydrogen) atoms. The van der Waals surface area contributed by atoms with Crippen LogP contribution in [-0.4, -0.2) is 21.6 Å². The molecule has 226 valence electrons. The Kier molecular flexibility index (Phi) is 6.79. The molecule has 5 nitrogen and oxygen atoms in total. The number of amidine groups is 2. The van der Waals surface area contributed by atoms with E-state index in [9.17, 15) is 0 Å². The average Bonchev–Trinajstić information content (AvgIpc) is 3.18. The zero-order chi connectivity index (χ0) is 31.9. The first-order valence-corrected chi connectivity index (χ1v) is 16.1. The molecule has 5 heteroatoms. The van der Waals surface area contributed by atoms with Gasteiger partial charge in [0.25, 0.3) is 0 Å². The van der Waals surface area contributed by atoms with Crippen LogP contribution in [0.3, 0.4) is 0 Å². The van der Waals surface area contributed by atoms with Gasteiger partial charge in [-0.05, 0) is 39.6 Å². The lowest BCUT2D eigenvalue weighted by atomic mass is 9.98. The van der Waals surface area contributed by atoms with Crippen LogP contribution in [0.25, 0.3) is 55.0 Å². The number of benzene rings is 7. The quantitative estimate of drug-likeness (QED) is 0.196. The van der Waals surface area contributed by atoms with Crippen molar-refractivity contribution in [3.8, 4) is 22.4 Å². The van der Waals surface area contributed by atoms with E-state index < -0.39 is 0 Å². The Morgan fingerprint density at radius 1 is 0.458 bits per heavy atom. The molecule has 0 radical (unpaired) electrons. The molecule has 0 saturated heterocycles. The topological polar surface area (TPSA) is 62.5 Å². The summed E-state index contributed by atoms with van der Waals surface area (Å²) >= 11 is 0. The first kappa shape index (κ1) is 27.8. The lowest BCUT2D eigenvalue weighted by Gasteiger charge is -2.24. The number of nitrogens with one attached hydrogen (secondary N) is 1. The number of hydrogen-bond donors (Lipinski definition) is 1. The van der Waals surface area contributed by atoms with Crippen molar-refractivity contribution < 1.29 is 0 Å². The fourth-order valence-electron chi connectivity index (χ4n) is 6.59. The highest BCUT2D eigenvalue weighted by Gasteiger charge is 2.21. The maximum Gasteiger partial charge on any atom is 0.159 e. The Balaban J connectivity index is 1.10. The fourth-order valence-corrected chi connectivity index (χ4v) is 6.59. The van der Waals surface area contributed by atoms with Crippen molar-refractivity contribution in [3.05, 3.63) is 181 Å². The molecule has 1 unspecified atom stereocenters. The van der Waals surface area contributed by atoms with Crippen LogP contribution in [0.15, 0.2) is 174 Å². The molecule has 0 fully saturated rings. The second kappa shape index (κ2) is 11.7. The van der Waals surface area contributed by atoms with E-state index in [1.807, 2.05) is 42.6 Å². The Bertz CT molecular complexity index is 2500. The van der Waals surface area contributed by atoms with E-state index in [-0.39, 0.29) is 6.17 Å². The molecule has 1 aromatic heterocycles. The summed E-state index contributed by atoms with van der Waals surface area (Å²) in [5, 5.41) is 8.20. The van der Waals surface area contributed by atoms with E-state index in [4.69, 9.17) is 20.0 Å². The van der Waals surface area contributed by atoms with Crippen LogP contribution in [0.4, 0.5) is 0 Å². The van der Waals surface area contributed by atoms with Crippen LogP contribution in [-0.2, 0) is 0 Å². The van der Waals surface area contributed by atoms with Crippen LogP contribution in [0.2, 0.25) is 0 Å². The summed E-state index contributed by atoms with van der Waals surface area (Å²) in [6.45, 7) is 0. The standard InChI is InChI=1S/C43H29N5/c1-3-13-28(14-4-1)41-46-42(29-15-5-2-6-16-29)48-43(47-41)33-20-12-18-31(26-33)30-17-11-19-32(25-30)38-27-44-39-36-23-9-7-21-34(36)35-22-8-10-24-37(35)40(39)45-38/h1-27,43H,(H,46,47,48). The van der Waals surface area contributed by atoms with Crippen molar-refractivity contribution in [1.82, 2.24) is 15.3 Å². The molecule has 1 aliphatic rings. The van der Waals surface area contributed by atoms with E-state index in [0.717, 1.165) is 66.7 Å². The van der Waals surface area contributed by atoms with E-state index in [2.05, 4.69) is 127 Å². The first-order chi connectivity index (χ1) is 23.8. The Labute approximate surface area is 278 Å². The number of nitrogens with zero attached hydrogens (tertiary/aromatic N) is 4. The van der Waals surface area contributed by atoms with Crippen molar-refractivity contribution in [2.45, 2.75) is 6.17 Å². The van der Waals surface area contributed by atoms with Crippen LogP contribution in [0.1, 0.15) is 22.9 Å². The highest BCUT2D eigenvalue weighted by Crippen LogP contribution is 2.35. The molecule has 0 bridgehead atoms. The highest BCUT2D eigenvalue weighted by atomic mass is 15.2. The van der Waals surface area contributed by atoms with E-state index in [1.165, 1.54) is 10.8 Å². The largest absolute Gasteiger partial charge is 0.344 e. The normalized spacial score (nSPS) is 14.5. The van der Waals surface area contributed by atoms with Crippen molar-refractivity contribution >= 4 is 44.2 Å². The highest BCUT2D eigenvalue weighted by molar-refractivity contribution is 6.23. The maximum atomic E-state index is 5.22. The number of aliphatic imine (C=N–C) groups is 2. The predicted molar refractivity (Wildman–Crippen MR) is 197 cm³/mol. The molecular weight excluding hydrogens is 587 g/mol. The van der Waals surface area contributed by atoms with Crippen molar-refractivity contribution in [2.24, 2.45) is 9.98 Å². The van der Waals surface area contributed by atoms with Gasteiger partial charge in [0.15, 0.2) is 5.84 Å².